The van der Waals surface area contributed by atoms with Crippen molar-refractivity contribution in [1.29, 1.82) is 0 Å². The Morgan fingerprint density at radius 3 is 2.56 bits per heavy atom. The Kier molecular flexibility index (Phi) is 5.33. The van der Waals surface area contributed by atoms with Crippen LogP contribution in [0.2, 0.25) is 0 Å². The van der Waals surface area contributed by atoms with Crippen molar-refractivity contribution in [3.63, 3.8) is 0 Å². The molecule has 0 aromatic heterocycles. The van der Waals surface area contributed by atoms with Gasteiger partial charge in [-0.05, 0) is 42.2 Å². The van der Waals surface area contributed by atoms with Crippen LogP contribution in [0.5, 0.6) is 0 Å². The summed E-state index contributed by atoms with van der Waals surface area (Å²) in [6, 6.07) is 16.3. The molecule has 27 heavy (non-hydrogen) atoms. The molecule has 4 rings (SSSR count). The molecule has 0 unspecified atom stereocenters. The van der Waals surface area contributed by atoms with Gasteiger partial charge in [0.2, 0.25) is 0 Å². The number of benzene rings is 2. The van der Waals surface area contributed by atoms with Crippen LogP contribution in [0.15, 0.2) is 48.5 Å². The minimum atomic E-state index is -3.54. The number of anilines is 2. The molecule has 2 heterocycles. The summed E-state index contributed by atoms with van der Waals surface area (Å²) in [5, 5.41) is 0. The minimum Gasteiger partial charge on any atom is -0.379 e. The summed E-state index contributed by atoms with van der Waals surface area (Å²) in [7, 11) is -3.54. The first-order valence-electron chi connectivity index (χ1n) is 9.39. The zero-order chi connectivity index (χ0) is 18.7. The first kappa shape index (κ1) is 18.3. The molecule has 0 amide bonds. The second-order valence-electron chi connectivity index (χ2n) is 6.97. The Balaban J connectivity index is 1.51. The van der Waals surface area contributed by atoms with Crippen LogP contribution in [0, 0.1) is 0 Å². The third-order valence-electron chi connectivity index (χ3n) is 5.07. The monoisotopic (exact) mass is 387 g/mol. The maximum atomic E-state index is 12.6. The van der Waals surface area contributed by atoms with Gasteiger partial charge in [0.15, 0.2) is 0 Å². The fourth-order valence-corrected chi connectivity index (χ4v) is 4.89. The van der Waals surface area contributed by atoms with E-state index >= 15 is 0 Å². The largest absolute Gasteiger partial charge is 0.379 e. The van der Waals surface area contributed by atoms with Gasteiger partial charge < -0.3 is 9.64 Å². The van der Waals surface area contributed by atoms with E-state index in [0.29, 0.717) is 32.0 Å². The molecule has 6 nitrogen and oxygen atoms in total. The van der Waals surface area contributed by atoms with Crippen LogP contribution in [-0.2, 0) is 27.9 Å². The smallest absolute Gasteiger partial charge is 0.301 e. The van der Waals surface area contributed by atoms with Crippen molar-refractivity contribution in [1.82, 2.24) is 4.31 Å². The lowest BCUT2D eigenvalue weighted by atomic mass is 10.0. The Morgan fingerprint density at radius 1 is 1.00 bits per heavy atom. The van der Waals surface area contributed by atoms with E-state index in [1.54, 1.807) is 0 Å². The number of aryl methyl sites for hydroxylation is 1. The van der Waals surface area contributed by atoms with Gasteiger partial charge >= 0.3 is 10.2 Å². The second-order valence-corrected chi connectivity index (χ2v) is 8.64. The summed E-state index contributed by atoms with van der Waals surface area (Å²) in [6.07, 6.45) is 2.03. The highest BCUT2D eigenvalue weighted by molar-refractivity contribution is 7.90. The molecular formula is C20H25N3O3S. The third-order valence-corrected chi connectivity index (χ3v) is 6.61. The van der Waals surface area contributed by atoms with Gasteiger partial charge in [-0.15, -0.1) is 0 Å². The third kappa shape index (κ3) is 4.26. The summed E-state index contributed by atoms with van der Waals surface area (Å²) >= 11 is 0. The van der Waals surface area contributed by atoms with Gasteiger partial charge in [0.1, 0.15) is 0 Å². The first-order chi connectivity index (χ1) is 13.1. The summed E-state index contributed by atoms with van der Waals surface area (Å²) in [5.74, 6) is 0. The standard InChI is InChI=1S/C20H25N3O3S/c24-27(25,23-11-13-26-14-12-23)21-19-8-9-20-18(15-19)7-4-10-22(20)16-17-5-2-1-3-6-17/h1-3,5-6,8-9,15,21H,4,7,10-14,16H2. The number of morpholine rings is 1. The van der Waals surface area contributed by atoms with Crippen LogP contribution in [0.1, 0.15) is 17.5 Å². The molecule has 1 N–H and O–H groups in total. The molecule has 2 aromatic rings. The fraction of sp³-hybridized carbons (Fsp3) is 0.400. The molecule has 2 aliphatic rings. The topological polar surface area (TPSA) is 61.9 Å². The van der Waals surface area contributed by atoms with Gasteiger partial charge in [-0.1, -0.05) is 30.3 Å². The van der Waals surface area contributed by atoms with Crippen LogP contribution in [-0.4, -0.2) is 45.6 Å². The maximum absolute atomic E-state index is 12.6. The summed E-state index contributed by atoms with van der Waals surface area (Å²) < 4.78 is 34.6. The van der Waals surface area contributed by atoms with Gasteiger partial charge in [-0.25, -0.2) is 0 Å². The molecule has 144 valence electrons. The molecule has 1 saturated heterocycles. The summed E-state index contributed by atoms with van der Waals surface area (Å²) in [5.41, 5.74) is 4.29. The zero-order valence-electron chi connectivity index (χ0n) is 15.3. The molecule has 0 radical (unpaired) electrons. The molecule has 0 aliphatic carbocycles. The average molecular weight is 388 g/mol. The molecule has 0 bridgehead atoms. The van der Waals surface area contributed by atoms with Crippen molar-refractivity contribution in [3.8, 4) is 0 Å². The average Bonchev–Trinajstić information content (AvgIpc) is 2.69. The molecule has 0 saturated carbocycles. The SMILES string of the molecule is O=S(=O)(Nc1ccc2c(c1)CCCN2Cc1ccccc1)N1CCOCC1. The van der Waals surface area contributed by atoms with Crippen molar-refractivity contribution in [2.45, 2.75) is 19.4 Å². The molecule has 1 fully saturated rings. The zero-order valence-corrected chi connectivity index (χ0v) is 16.1. The number of hydrogen-bond donors (Lipinski definition) is 1. The molecule has 2 aliphatic heterocycles. The Bertz CT molecular complexity index is 881. The van der Waals surface area contributed by atoms with Crippen LogP contribution in [0.25, 0.3) is 0 Å². The van der Waals surface area contributed by atoms with Crippen molar-refractivity contribution in [2.24, 2.45) is 0 Å². The van der Waals surface area contributed by atoms with Crippen LogP contribution >= 0.6 is 0 Å². The molecule has 0 spiro atoms. The number of hydrogen-bond acceptors (Lipinski definition) is 4. The quantitative estimate of drug-likeness (QED) is 0.857. The highest BCUT2D eigenvalue weighted by atomic mass is 32.2. The predicted molar refractivity (Wildman–Crippen MR) is 107 cm³/mol. The van der Waals surface area contributed by atoms with Crippen molar-refractivity contribution in [2.75, 3.05) is 42.5 Å². The van der Waals surface area contributed by atoms with E-state index in [4.69, 9.17) is 4.74 Å². The first-order valence-corrected chi connectivity index (χ1v) is 10.8. The van der Waals surface area contributed by atoms with Gasteiger partial charge in [0.05, 0.1) is 18.9 Å². The molecule has 2 aromatic carbocycles. The van der Waals surface area contributed by atoms with E-state index in [-0.39, 0.29) is 0 Å². The van der Waals surface area contributed by atoms with Gasteiger partial charge in [0, 0.05) is 31.9 Å². The molecular weight excluding hydrogens is 362 g/mol. The van der Waals surface area contributed by atoms with Gasteiger partial charge in [-0.2, -0.15) is 12.7 Å². The highest BCUT2D eigenvalue weighted by Gasteiger charge is 2.25. The normalized spacial score (nSPS) is 18.1. The van der Waals surface area contributed by atoms with Crippen molar-refractivity contribution < 1.29 is 13.2 Å². The molecule has 7 heteroatoms. The number of nitrogens with zero attached hydrogens (tertiary/aromatic N) is 2. The van der Waals surface area contributed by atoms with Crippen molar-refractivity contribution >= 4 is 21.6 Å². The van der Waals surface area contributed by atoms with Crippen LogP contribution in [0.4, 0.5) is 11.4 Å². The van der Waals surface area contributed by atoms with E-state index in [1.807, 2.05) is 24.3 Å². The second kappa shape index (κ2) is 7.88. The van der Waals surface area contributed by atoms with Gasteiger partial charge in [0.25, 0.3) is 0 Å². The lowest BCUT2D eigenvalue weighted by Gasteiger charge is -2.32. The Labute approximate surface area is 160 Å². The summed E-state index contributed by atoms with van der Waals surface area (Å²) in [6.45, 7) is 3.56. The van der Waals surface area contributed by atoms with E-state index in [1.165, 1.54) is 21.1 Å². The minimum absolute atomic E-state index is 0.394. The number of ether oxygens (including phenoxy) is 1. The number of rotatable bonds is 5. The van der Waals surface area contributed by atoms with E-state index in [0.717, 1.165) is 25.9 Å². The fourth-order valence-electron chi connectivity index (χ4n) is 3.71. The number of fused-ring (bicyclic) bond motifs is 1. The lowest BCUT2D eigenvalue weighted by molar-refractivity contribution is 0.0733. The highest BCUT2D eigenvalue weighted by Crippen LogP contribution is 2.31. The van der Waals surface area contributed by atoms with Crippen LogP contribution < -0.4 is 9.62 Å². The Morgan fingerprint density at radius 2 is 1.78 bits per heavy atom. The van der Waals surface area contributed by atoms with Gasteiger partial charge in [-0.3, -0.25) is 4.72 Å². The van der Waals surface area contributed by atoms with Crippen LogP contribution in [0.3, 0.4) is 0 Å². The van der Waals surface area contributed by atoms with E-state index < -0.39 is 10.2 Å². The lowest BCUT2D eigenvalue weighted by Crippen LogP contribution is -2.43. The molecule has 0 atom stereocenters. The summed E-state index contributed by atoms with van der Waals surface area (Å²) in [4.78, 5) is 2.37. The Hall–Kier alpha value is -2.09. The van der Waals surface area contributed by atoms with E-state index in [9.17, 15) is 8.42 Å². The van der Waals surface area contributed by atoms with Crippen molar-refractivity contribution in [3.05, 3.63) is 59.7 Å². The number of nitrogens with one attached hydrogen (secondary N) is 1. The predicted octanol–water partition coefficient (Wildman–Crippen LogP) is 2.63. The van der Waals surface area contributed by atoms with E-state index in [2.05, 4.69) is 33.9 Å². The maximum Gasteiger partial charge on any atom is 0.301 e.